The van der Waals surface area contributed by atoms with Crippen LogP contribution in [-0.4, -0.2) is 15.7 Å². The Balaban J connectivity index is 2.77. The lowest BCUT2D eigenvalue weighted by Crippen LogP contribution is -2.33. The molecular weight excluding hydrogens is 156 g/mol. The molecule has 0 aliphatic heterocycles. The number of nitrogens with two attached hydrogens (primary N) is 1. The molecule has 0 saturated carbocycles. The summed E-state index contributed by atoms with van der Waals surface area (Å²) in [6.07, 6.45) is 3.44. The van der Waals surface area contributed by atoms with E-state index in [2.05, 4.69) is 10.5 Å². The van der Waals surface area contributed by atoms with Gasteiger partial charge < -0.3 is 0 Å². The van der Waals surface area contributed by atoms with Gasteiger partial charge in [0.2, 0.25) is 5.91 Å². The largest absolute Gasteiger partial charge is 0.294 e. The molecule has 0 spiro atoms. The minimum atomic E-state index is -0.247. The third-order valence-electron chi connectivity index (χ3n) is 1.76. The van der Waals surface area contributed by atoms with Crippen molar-refractivity contribution in [2.75, 3.05) is 0 Å². The number of carbonyl (C=O) groups is 1. The van der Waals surface area contributed by atoms with Crippen LogP contribution < -0.4 is 11.3 Å². The SMILES string of the molecule is CC(C(=O)NN)c1cnn(C)c1. The lowest BCUT2D eigenvalue weighted by molar-refractivity contribution is -0.122. The number of nitrogens with zero attached hydrogens (tertiary/aromatic N) is 2. The molecule has 0 radical (unpaired) electrons. The molecule has 0 aliphatic rings. The number of hydrazine groups is 1. The van der Waals surface area contributed by atoms with Gasteiger partial charge in [0.1, 0.15) is 0 Å². The lowest BCUT2D eigenvalue weighted by atomic mass is 10.1. The normalized spacial score (nSPS) is 12.6. The lowest BCUT2D eigenvalue weighted by Gasteiger charge is -2.05. The van der Waals surface area contributed by atoms with Gasteiger partial charge in [-0.2, -0.15) is 5.10 Å². The van der Waals surface area contributed by atoms with Crippen LogP contribution in [0.3, 0.4) is 0 Å². The summed E-state index contributed by atoms with van der Waals surface area (Å²) >= 11 is 0. The molecule has 1 aromatic rings. The minimum Gasteiger partial charge on any atom is -0.294 e. The molecule has 5 nitrogen and oxygen atoms in total. The number of hydrogen-bond acceptors (Lipinski definition) is 3. The van der Waals surface area contributed by atoms with Crippen molar-refractivity contribution < 1.29 is 4.79 Å². The van der Waals surface area contributed by atoms with E-state index in [-0.39, 0.29) is 11.8 Å². The number of amides is 1. The van der Waals surface area contributed by atoms with Crippen molar-refractivity contribution in [2.45, 2.75) is 12.8 Å². The van der Waals surface area contributed by atoms with Crippen LogP contribution >= 0.6 is 0 Å². The minimum absolute atomic E-state index is 0.206. The van der Waals surface area contributed by atoms with Crippen LogP contribution in [-0.2, 0) is 11.8 Å². The predicted octanol–water partition coefficient (Wildman–Crippen LogP) is -0.487. The van der Waals surface area contributed by atoms with E-state index >= 15 is 0 Å². The first-order valence-electron chi connectivity index (χ1n) is 3.64. The molecule has 0 aromatic carbocycles. The fourth-order valence-electron chi connectivity index (χ4n) is 0.940. The molecule has 3 N–H and O–H groups in total. The van der Waals surface area contributed by atoms with Crippen molar-refractivity contribution in [1.82, 2.24) is 15.2 Å². The van der Waals surface area contributed by atoms with Crippen LogP contribution in [0.15, 0.2) is 12.4 Å². The number of hydrogen-bond donors (Lipinski definition) is 2. The van der Waals surface area contributed by atoms with Crippen molar-refractivity contribution in [1.29, 1.82) is 0 Å². The van der Waals surface area contributed by atoms with E-state index in [9.17, 15) is 4.79 Å². The smallest absolute Gasteiger partial charge is 0.241 e. The molecule has 0 saturated heterocycles. The van der Waals surface area contributed by atoms with E-state index in [0.717, 1.165) is 5.56 Å². The van der Waals surface area contributed by atoms with Gasteiger partial charge in [0.05, 0.1) is 12.1 Å². The second kappa shape index (κ2) is 3.36. The van der Waals surface area contributed by atoms with Crippen LogP contribution in [0.5, 0.6) is 0 Å². The predicted molar refractivity (Wildman–Crippen MR) is 44.0 cm³/mol. The van der Waals surface area contributed by atoms with Crippen LogP contribution in [0.2, 0.25) is 0 Å². The Hall–Kier alpha value is -1.36. The zero-order valence-corrected chi connectivity index (χ0v) is 7.11. The van der Waals surface area contributed by atoms with Crippen molar-refractivity contribution in [3.8, 4) is 0 Å². The fourth-order valence-corrected chi connectivity index (χ4v) is 0.940. The topological polar surface area (TPSA) is 72.9 Å². The van der Waals surface area contributed by atoms with E-state index in [1.807, 2.05) is 0 Å². The first-order chi connectivity index (χ1) is 5.65. The summed E-state index contributed by atoms with van der Waals surface area (Å²) in [5.74, 6) is 4.54. The van der Waals surface area contributed by atoms with Crippen LogP contribution in [0.4, 0.5) is 0 Å². The fraction of sp³-hybridized carbons (Fsp3) is 0.429. The van der Waals surface area contributed by atoms with Gasteiger partial charge in [-0.25, -0.2) is 5.84 Å². The Bertz CT molecular complexity index is 281. The molecular formula is C7H12N4O. The van der Waals surface area contributed by atoms with Gasteiger partial charge in [0.15, 0.2) is 0 Å². The number of aryl methyl sites for hydroxylation is 1. The van der Waals surface area contributed by atoms with Gasteiger partial charge >= 0.3 is 0 Å². The van der Waals surface area contributed by atoms with Gasteiger partial charge in [0, 0.05) is 18.8 Å². The van der Waals surface area contributed by atoms with Crippen LogP contribution in [0, 0.1) is 0 Å². The summed E-state index contributed by atoms with van der Waals surface area (Å²) in [5, 5.41) is 3.95. The molecule has 1 atom stereocenters. The highest BCUT2D eigenvalue weighted by Gasteiger charge is 2.14. The average Bonchev–Trinajstić information content (AvgIpc) is 2.49. The van der Waals surface area contributed by atoms with Gasteiger partial charge in [-0.1, -0.05) is 0 Å². The third kappa shape index (κ3) is 1.62. The van der Waals surface area contributed by atoms with Crippen molar-refractivity contribution >= 4 is 5.91 Å². The van der Waals surface area contributed by atoms with Crippen molar-refractivity contribution in [3.63, 3.8) is 0 Å². The highest BCUT2D eigenvalue weighted by molar-refractivity contribution is 5.82. The third-order valence-corrected chi connectivity index (χ3v) is 1.76. The first-order valence-corrected chi connectivity index (χ1v) is 3.64. The maximum absolute atomic E-state index is 11.0. The second-order valence-electron chi connectivity index (χ2n) is 2.68. The molecule has 1 amide bonds. The molecule has 1 aromatic heterocycles. The van der Waals surface area contributed by atoms with Crippen LogP contribution in [0.25, 0.3) is 0 Å². The molecule has 0 bridgehead atoms. The van der Waals surface area contributed by atoms with Gasteiger partial charge in [-0.15, -0.1) is 0 Å². The Morgan fingerprint density at radius 2 is 2.50 bits per heavy atom. The Labute approximate surface area is 70.5 Å². The summed E-state index contributed by atoms with van der Waals surface area (Å²) in [4.78, 5) is 11.0. The summed E-state index contributed by atoms with van der Waals surface area (Å²) in [6, 6.07) is 0. The zero-order valence-electron chi connectivity index (χ0n) is 7.11. The summed E-state index contributed by atoms with van der Waals surface area (Å²) in [6.45, 7) is 1.78. The quantitative estimate of drug-likeness (QED) is 0.355. The molecule has 1 heterocycles. The molecule has 66 valence electrons. The van der Waals surface area contributed by atoms with E-state index in [1.165, 1.54) is 0 Å². The summed E-state index contributed by atoms with van der Waals surface area (Å²) in [7, 11) is 1.80. The van der Waals surface area contributed by atoms with Crippen molar-refractivity contribution in [2.24, 2.45) is 12.9 Å². The Morgan fingerprint density at radius 1 is 1.83 bits per heavy atom. The average molecular weight is 168 g/mol. The van der Waals surface area contributed by atoms with E-state index in [0.29, 0.717) is 0 Å². The second-order valence-corrected chi connectivity index (χ2v) is 2.68. The maximum Gasteiger partial charge on any atom is 0.241 e. The Kier molecular flexibility index (Phi) is 2.44. The molecule has 12 heavy (non-hydrogen) atoms. The number of rotatable bonds is 2. The first kappa shape index (κ1) is 8.73. The van der Waals surface area contributed by atoms with E-state index in [4.69, 9.17) is 5.84 Å². The highest BCUT2D eigenvalue weighted by atomic mass is 16.2. The van der Waals surface area contributed by atoms with E-state index in [1.54, 1.807) is 31.0 Å². The maximum atomic E-state index is 11.0. The van der Waals surface area contributed by atoms with Gasteiger partial charge in [-0.05, 0) is 6.92 Å². The summed E-state index contributed by atoms with van der Waals surface area (Å²) in [5.41, 5.74) is 2.96. The molecule has 5 heteroatoms. The molecule has 1 unspecified atom stereocenters. The van der Waals surface area contributed by atoms with Crippen LogP contribution in [0.1, 0.15) is 18.4 Å². The monoisotopic (exact) mass is 168 g/mol. The standard InChI is InChI=1S/C7H12N4O/c1-5(7(12)10-8)6-3-9-11(2)4-6/h3-5H,8H2,1-2H3,(H,10,12). The van der Waals surface area contributed by atoms with Gasteiger partial charge in [-0.3, -0.25) is 14.9 Å². The highest BCUT2D eigenvalue weighted by Crippen LogP contribution is 2.12. The van der Waals surface area contributed by atoms with E-state index < -0.39 is 0 Å². The molecule has 0 fully saturated rings. The van der Waals surface area contributed by atoms with Gasteiger partial charge in [0.25, 0.3) is 0 Å². The Morgan fingerprint density at radius 3 is 2.92 bits per heavy atom. The molecule has 1 rings (SSSR count). The molecule has 0 aliphatic carbocycles. The summed E-state index contributed by atoms with van der Waals surface area (Å²) < 4.78 is 1.65. The van der Waals surface area contributed by atoms with Crippen molar-refractivity contribution in [3.05, 3.63) is 18.0 Å². The number of carbonyl (C=O) groups excluding carboxylic acids is 1. The zero-order chi connectivity index (χ0) is 9.14. The number of nitrogens with one attached hydrogen (secondary N) is 1. The number of aromatic nitrogens is 2.